The number of para-hydroxylation sites is 1. The SMILES string of the molecule is Cc1ccc(CNC(=O)C(COc2cccc(C=C(C#N)C(=O)NC(C)(C)C)c2)NC(=O)[C@@H](Nc2ccccc2)[C@@H](C)O)cc1. The first-order chi connectivity index (χ1) is 21.3. The maximum absolute atomic E-state index is 13.4. The molecule has 0 saturated carbocycles. The summed E-state index contributed by atoms with van der Waals surface area (Å²) in [7, 11) is 0. The highest BCUT2D eigenvalue weighted by Gasteiger charge is 2.29. The van der Waals surface area contributed by atoms with Gasteiger partial charge < -0.3 is 31.1 Å². The molecule has 0 aliphatic carbocycles. The number of ether oxygens (including phenoxy) is 1. The Bertz CT molecular complexity index is 1520. The second kappa shape index (κ2) is 16.1. The number of carbonyl (C=O) groups is 3. The minimum atomic E-state index is -1.12. The van der Waals surface area contributed by atoms with Crippen LogP contribution in [0.3, 0.4) is 0 Å². The van der Waals surface area contributed by atoms with Crippen LogP contribution in [0.4, 0.5) is 5.69 Å². The van der Waals surface area contributed by atoms with Crippen molar-refractivity contribution in [2.45, 2.75) is 64.9 Å². The van der Waals surface area contributed by atoms with Crippen LogP contribution in [0.25, 0.3) is 6.08 Å². The van der Waals surface area contributed by atoms with Crippen molar-refractivity contribution in [1.82, 2.24) is 16.0 Å². The zero-order valence-electron chi connectivity index (χ0n) is 26.3. The van der Waals surface area contributed by atoms with E-state index in [-0.39, 0.29) is 18.7 Å². The lowest BCUT2D eigenvalue weighted by atomic mass is 10.1. The summed E-state index contributed by atoms with van der Waals surface area (Å²) in [5, 5.41) is 31.3. The molecular weight excluding hydrogens is 570 g/mol. The number of carbonyl (C=O) groups excluding carboxylic acids is 3. The lowest BCUT2D eigenvalue weighted by molar-refractivity contribution is -0.131. The van der Waals surface area contributed by atoms with E-state index < -0.39 is 41.4 Å². The van der Waals surface area contributed by atoms with Gasteiger partial charge in [0.2, 0.25) is 11.8 Å². The number of nitrogens with one attached hydrogen (secondary N) is 4. The van der Waals surface area contributed by atoms with Crippen LogP contribution in [0, 0.1) is 18.3 Å². The molecule has 236 valence electrons. The van der Waals surface area contributed by atoms with Crippen molar-refractivity contribution in [2.24, 2.45) is 0 Å². The van der Waals surface area contributed by atoms with Gasteiger partial charge in [0.15, 0.2) is 0 Å². The van der Waals surface area contributed by atoms with Gasteiger partial charge in [-0.2, -0.15) is 5.26 Å². The molecule has 45 heavy (non-hydrogen) atoms. The van der Waals surface area contributed by atoms with Gasteiger partial charge >= 0.3 is 0 Å². The van der Waals surface area contributed by atoms with Gasteiger partial charge in [0.1, 0.15) is 36.1 Å². The molecule has 0 fully saturated rings. The van der Waals surface area contributed by atoms with Crippen molar-refractivity contribution in [1.29, 1.82) is 5.26 Å². The normalized spacial score (nSPS) is 13.4. The number of hydrogen-bond donors (Lipinski definition) is 5. The van der Waals surface area contributed by atoms with E-state index in [4.69, 9.17) is 4.74 Å². The van der Waals surface area contributed by atoms with E-state index in [1.165, 1.54) is 13.0 Å². The van der Waals surface area contributed by atoms with Crippen LogP contribution in [0.5, 0.6) is 5.75 Å². The smallest absolute Gasteiger partial charge is 0.262 e. The highest BCUT2D eigenvalue weighted by Crippen LogP contribution is 2.17. The van der Waals surface area contributed by atoms with Gasteiger partial charge in [-0.25, -0.2) is 0 Å². The van der Waals surface area contributed by atoms with Crippen molar-refractivity contribution in [3.63, 3.8) is 0 Å². The Hall–Kier alpha value is -5.14. The van der Waals surface area contributed by atoms with E-state index >= 15 is 0 Å². The molecule has 0 saturated heterocycles. The number of nitriles is 1. The quantitative estimate of drug-likeness (QED) is 0.145. The summed E-state index contributed by atoms with van der Waals surface area (Å²) in [6.07, 6.45) is 0.375. The van der Waals surface area contributed by atoms with Gasteiger partial charge in [-0.1, -0.05) is 60.2 Å². The fraction of sp³-hybridized carbons (Fsp3) is 0.314. The largest absolute Gasteiger partial charge is 0.491 e. The fourth-order valence-electron chi connectivity index (χ4n) is 4.18. The van der Waals surface area contributed by atoms with Crippen LogP contribution in [0.1, 0.15) is 44.4 Å². The zero-order valence-corrected chi connectivity index (χ0v) is 26.3. The molecule has 3 amide bonds. The molecular formula is C35H41N5O5. The Morgan fingerprint density at radius 3 is 2.29 bits per heavy atom. The number of nitrogens with zero attached hydrogens (tertiary/aromatic N) is 1. The molecule has 5 N–H and O–H groups in total. The zero-order chi connectivity index (χ0) is 33.0. The molecule has 3 aromatic carbocycles. The molecule has 3 atom stereocenters. The van der Waals surface area contributed by atoms with Gasteiger partial charge in [0.05, 0.1) is 6.10 Å². The summed E-state index contributed by atoms with van der Waals surface area (Å²) in [6, 6.07) is 23.1. The number of hydrogen-bond acceptors (Lipinski definition) is 7. The van der Waals surface area contributed by atoms with E-state index in [0.29, 0.717) is 17.0 Å². The highest BCUT2D eigenvalue weighted by molar-refractivity contribution is 6.02. The molecule has 1 unspecified atom stereocenters. The summed E-state index contributed by atoms with van der Waals surface area (Å²) in [6.45, 7) is 8.93. The van der Waals surface area contributed by atoms with Crippen LogP contribution < -0.4 is 26.0 Å². The van der Waals surface area contributed by atoms with Crippen LogP contribution in [0.2, 0.25) is 0 Å². The van der Waals surface area contributed by atoms with Gasteiger partial charge in [-0.15, -0.1) is 0 Å². The lowest BCUT2D eigenvalue weighted by Crippen LogP contribution is -2.55. The van der Waals surface area contributed by atoms with Gasteiger partial charge in [-0.3, -0.25) is 14.4 Å². The number of aliphatic hydroxyl groups is 1. The molecule has 3 rings (SSSR count). The number of aliphatic hydroxyl groups excluding tert-OH is 1. The fourth-order valence-corrected chi connectivity index (χ4v) is 4.18. The molecule has 0 aliphatic heterocycles. The first-order valence-electron chi connectivity index (χ1n) is 14.6. The van der Waals surface area contributed by atoms with E-state index in [9.17, 15) is 24.8 Å². The van der Waals surface area contributed by atoms with Crippen molar-refractivity contribution in [2.75, 3.05) is 11.9 Å². The average molecular weight is 612 g/mol. The van der Waals surface area contributed by atoms with E-state index in [2.05, 4.69) is 21.3 Å². The van der Waals surface area contributed by atoms with Crippen LogP contribution in [0.15, 0.2) is 84.4 Å². The summed E-state index contributed by atoms with van der Waals surface area (Å²) >= 11 is 0. The molecule has 0 aromatic heterocycles. The van der Waals surface area contributed by atoms with E-state index in [1.807, 2.05) is 64.1 Å². The molecule has 10 nitrogen and oxygen atoms in total. The number of benzene rings is 3. The predicted octanol–water partition coefficient (Wildman–Crippen LogP) is 3.86. The summed E-state index contributed by atoms with van der Waals surface area (Å²) in [5.41, 5.74) is 2.56. The third-order valence-electron chi connectivity index (χ3n) is 6.52. The van der Waals surface area contributed by atoms with Crippen LogP contribution >= 0.6 is 0 Å². The molecule has 0 spiro atoms. The van der Waals surface area contributed by atoms with Crippen LogP contribution in [-0.4, -0.2) is 53.2 Å². The van der Waals surface area contributed by atoms with Gasteiger partial charge in [0, 0.05) is 17.8 Å². The minimum Gasteiger partial charge on any atom is -0.491 e. The molecule has 10 heteroatoms. The van der Waals surface area contributed by atoms with Crippen molar-refractivity contribution in [3.05, 3.63) is 101 Å². The maximum atomic E-state index is 13.4. The molecule has 0 radical (unpaired) electrons. The second-order valence-electron chi connectivity index (χ2n) is 11.8. The molecule has 0 heterocycles. The summed E-state index contributed by atoms with van der Waals surface area (Å²) in [5.74, 6) is -1.21. The highest BCUT2D eigenvalue weighted by atomic mass is 16.5. The average Bonchev–Trinajstić information content (AvgIpc) is 2.99. The Morgan fingerprint density at radius 2 is 1.67 bits per heavy atom. The van der Waals surface area contributed by atoms with E-state index in [0.717, 1.165) is 11.1 Å². The monoisotopic (exact) mass is 611 g/mol. The Balaban J connectivity index is 1.78. The third kappa shape index (κ3) is 11.5. The maximum Gasteiger partial charge on any atom is 0.262 e. The number of rotatable bonds is 13. The standard InChI is InChI=1S/C35H41N5O5/c1-23-14-16-25(17-15-23)21-37-33(43)30(39-34(44)31(24(2)41)38-28-11-7-6-8-12-28)22-45-29-13-9-10-26(19-29)18-27(20-36)32(42)40-35(3,4)5/h6-19,24,30-31,38,41H,21-22H2,1-5H3,(H,37,43)(H,39,44)(H,40,42)/t24-,30?,31+/m1/s1. The number of aryl methyl sites for hydroxylation is 1. The number of amides is 3. The first-order valence-corrected chi connectivity index (χ1v) is 14.6. The topological polar surface area (TPSA) is 153 Å². The summed E-state index contributed by atoms with van der Waals surface area (Å²) < 4.78 is 5.94. The van der Waals surface area contributed by atoms with Crippen molar-refractivity contribution >= 4 is 29.5 Å². The van der Waals surface area contributed by atoms with Crippen LogP contribution in [-0.2, 0) is 20.9 Å². The lowest BCUT2D eigenvalue weighted by Gasteiger charge is -2.25. The Morgan fingerprint density at radius 1 is 0.978 bits per heavy atom. The predicted molar refractivity (Wildman–Crippen MR) is 174 cm³/mol. The minimum absolute atomic E-state index is 0.0715. The third-order valence-corrected chi connectivity index (χ3v) is 6.52. The molecule has 0 bridgehead atoms. The van der Waals surface area contributed by atoms with Gasteiger partial charge in [-0.05, 0) is 76.1 Å². The first kappa shape index (κ1) is 34.4. The Kier molecular flexibility index (Phi) is 12.3. The Labute approximate surface area is 264 Å². The second-order valence-corrected chi connectivity index (χ2v) is 11.8. The molecule has 0 aliphatic rings. The molecule has 3 aromatic rings. The van der Waals surface area contributed by atoms with Crippen molar-refractivity contribution in [3.8, 4) is 11.8 Å². The number of anilines is 1. The van der Waals surface area contributed by atoms with Crippen molar-refractivity contribution < 1.29 is 24.2 Å². The van der Waals surface area contributed by atoms with Gasteiger partial charge in [0.25, 0.3) is 5.91 Å². The van der Waals surface area contributed by atoms with E-state index in [1.54, 1.807) is 48.5 Å². The summed E-state index contributed by atoms with van der Waals surface area (Å²) in [4.78, 5) is 39.2.